The molecule has 1 aliphatic heterocycles. The predicted molar refractivity (Wildman–Crippen MR) is 96.5 cm³/mol. The first-order valence-electron chi connectivity index (χ1n) is 8.84. The van der Waals surface area contributed by atoms with Crippen molar-refractivity contribution in [3.05, 3.63) is 34.3 Å². The van der Waals surface area contributed by atoms with Gasteiger partial charge in [0, 0.05) is 30.2 Å². The van der Waals surface area contributed by atoms with E-state index in [-0.39, 0.29) is 6.09 Å². The van der Waals surface area contributed by atoms with Gasteiger partial charge in [-0.15, -0.1) is 0 Å². The van der Waals surface area contributed by atoms with Crippen molar-refractivity contribution in [2.75, 3.05) is 13.1 Å². The summed E-state index contributed by atoms with van der Waals surface area (Å²) in [6.45, 7) is 7.22. The maximum Gasteiger partial charge on any atom is 0.410 e. The average molecular weight is 351 g/mol. The maximum absolute atomic E-state index is 12.3. The van der Waals surface area contributed by atoms with Crippen LogP contribution >= 0.6 is 11.6 Å². The SMILES string of the molecule is CC(C)(C)OC(=O)N1CCCC(NC2CCc3cc(Cl)ccc32)C1. The highest BCUT2D eigenvalue weighted by Gasteiger charge is 2.30. The van der Waals surface area contributed by atoms with Crippen molar-refractivity contribution in [1.29, 1.82) is 0 Å². The molecule has 1 heterocycles. The highest BCUT2D eigenvalue weighted by Crippen LogP contribution is 2.33. The lowest BCUT2D eigenvalue weighted by atomic mass is 10.0. The van der Waals surface area contributed by atoms with E-state index in [1.807, 2.05) is 31.7 Å². The highest BCUT2D eigenvalue weighted by molar-refractivity contribution is 6.30. The Kier molecular flexibility index (Phi) is 5.07. The Balaban J connectivity index is 1.60. The van der Waals surface area contributed by atoms with Gasteiger partial charge < -0.3 is 15.0 Å². The molecule has 1 aromatic rings. The maximum atomic E-state index is 12.3. The molecular weight excluding hydrogens is 324 g/mol. The molecule has 0 saturated carbocycles. The largest absolute Gasteiger partial charge is 0.444 e. The molecule has 2 atom stereocenters. The molecule has 0 spiro atoms. The van der Waals surface area contributed by atoms with Crippen molar-refractivity contribution >= 4 is 17.7 Å². The van der Waals surface area contributed by atoms with Crippen LogP contribution in [0.15, 0.2) is 18.2 Å². The number of fused-ring (bicyclic) bond motifs is 1. The van der Waals surface area contributed by atoms with Gasteiger partial charge in [-0.05, 0) is 69.7 Å². The van der Waals surface area contributed by atoms with Crippen LogP contribution in [0.4, 0.5) is 4.79 Å². The van der Waals surface area contributed by atoms with Crippen molar-refractivity contribution in [3.63, 3.8) is 0 Å². The first-order chi connectivity index (χ1) is 11.3. The number of aryl methyl sites for hydroxylation is 1. The second-order valence-corrected chi connectivity index (χ2v) is 8.30. The summed E-state index contributed by atoms with van der Waals surface area (Å²) < 4.78 is 5.51. The standard InChI is InChI=1S/C19H27ClN2O2/c1-19(2,3)24-18(23)22-10-4-5-15(12-22)21-17-9-6-13-11-14(20)7-8-16(13)17/h7-8,11,15,17,21H,4-6,9-10,12H2,1-3H3. The molecule has 2 aliphatic rings. The quantitative estimate of drug-likeness (QED) is 0.863. The number of amides is 1. The van der Waals surface area contributed by atoms with Crippen LogP contribution in [0.3, 0.4) is 0 Å². The Labute approximate surface area is 149 Å². The van der Waals surface area contributed by atoms with E-state index >= 15 is 0 Å². The molecule has 0 radical (unpaired) electrons. The van der Waals surface area contributed by atoms with E-state index in [9.17, 15) is 4.79 Å². The molecule has 0 aromatic heterocycles. The number of nitrogens with one attached hydrogen (secondary N) is 1. The van der Waals surface area contributed by atoms with Gasteiger partial charge >= 0.3 is 6.09 Å². The Bertz CT molecular complexity index is 612. The summed E-state index contributed by atoms with van der Waals surface area (Å²) in [6.07, 6.45) is 4.07. The number of halogens is 1. The summed E-state index contributed by atoms with van der Waals surface area (Å²) in [5.41, 5.74) is 2.26. The van der Waals surface area contributed by atoms with Crippen molar-refractivity contribution < 1.29 is 9.53 Å². The monoisotopic (exact) mass is 350 g/mol. The van der Waals surface area contributed by atoms with E-state index in [4.69, 9.17) is 16.3 Å². The van der Waals surface area contributed by atoms with Crippen LogP contribution in [0.5, 0.6) is 0 Å². The van der Waals surface area contributed by atoms with Crippen LogP contribution in [0.1, 0.15) is 57.2 Å². The molecule has 0 bridgehead atoms. The van der Waals surface area contributed by atoms with E-state index < -0.39 is 5.60 Å². The number of piperidine rings is 1. The van der Waals surface area contributed by atoms with Crippen molar-refractivity contribution in [2.45, 2.75) is 64.1 Å². The first kappa shape index (κ1) is 17.6. The zero-order valence-electron chi connectivity index (χ0n) is 14.8. The number of hydrogen-bond acceptors (Lipinski definition) is 3. The van der Waals surface area contributed by atoms with Gasteiger partial charge in [0.05, 0.1) is 0 Å². The second-order valence-electron chi connectivity index (χ2n) is 7.87. The smallest absolute Gasteiger partial charge is 0.410 e. The normalized spacial score (nSPS) is 23.9. The molecule has 2 unspecified atom stereocenters. The molecule has 3 rings (SSSR count). The lowest BCUT2D eigenvalue weighted by Crippen LogP contribution is -2.49. The van der Waals surface area contributed by atoms with Crippen molar-refractivity contribution in [1.82, 2.24) is 10.2 Å². The molecule has 5 heteroatoms. The number of benzene rings is 1. The van der Waals surface area contributed by atoms with E-state index in [1.165, 1.54) is 11.1 Å². The van der Waals surface area contributed by atoms with Crippen LogP contribution in [-0.2, 0) is 11.2 Å². The van der Waals surface area contributed by atoms with Gasteiger partial charge in [0.25, 0.3) is 0 Å². The van der Waals surface area contributed by atoms with Gasteiger partial charge in [0.15, 0.2) is 0 Å². The lowest BCUT2D eigenvalue weighted by molar-refractivity contribution is 0.0183. The Morgan fingerprint density at radius 1 is 1.33 bits per heavy atom. The molecule has 132 valence electrons. The van der Waals surface area contributed by atoms with Crippen LogP contribution < -0.4 is 5.32 Å². The third kappa shape index (κ3) is 4.22. The summed E-state index contributed by atoms with van der Waals surface area (Å²) in [7, 11) is 0. The summed E-state index contributed by atoms with van der Waals surface area (Å²) in [5.74, 6) is 0. The van der Waals surface area contributed by atoms with Gasteiger partial charge in [-0.25, -0.2) is 4.79 Å². The Morgan fingerprint density at radius 2 is 2.12 bits per heavy atom. The fraction of sp³-hybridized carbons (Fsp3) is 0.632. The van der Waals surface area contributed by atoms with E-state index in [1.54, 1.807) is 0 Å². The summed E-state index contributed by atoms with van der Waals surface area (Å²) >= 11 is 6.09. The molecular formula is C19H27ClN2O2. The Morgan fingerprint density at radius 3 is 2.88 bits per heavy atom. The highest BCUT2D eigenvalue weighted by atomic mass is 35.5. The summed E-state index contributed by atoms with van der Waals surface area (Å²) in [5, 5.41) is 4.56. The van der Waals surface area contributed by atoms with E-state index in [2.05, 4.69) is 17.4 Å². The summed E-state index contributed by atoms with van der Waals surface area (Å²) in [6, 6.07) is 6.86. The molecule has 1 aromatic carbocycles. The second kappa shape index (κ2) is 6.93. The molecule has 1 amide bonds. The van der Waals surface area contributed by atoms with Crippen LogP contribution in [0.2, 0.25) is 5.02 Å². The summed E-state index contributed by atoms with van der Waals surface area (Å²) in [4.78, 5) is 14.1. The number of rotatable bonds is 2. The zero-order valence-corrected chi connectivity index (χ0v) is 15.5. The molecule has 1 fully saturated rings. The third-order valence-electron chi connectivity index (χ3n) is 4.69. The van der Waals surface area contributed by atoms with E-state index in [0.29, 0.717) is 18.6 Å². The number of carbonyl (C=O) groups excluding carboxylic acids is 1. The van der Waals surface area contributed by atoms with Gasteiger partial charge in [-0.1, -0.05) is 17.7 Å². The lowest BCUT2D eigenvalue weighted by Gasteiger charge is -2.35. The molecule has 24 heavy (non-hydrogen) atoms. The number of likely N-dealkylation sites (tertiary alicyclic amines) is 1. The third-order valence-corrected chi connectivity index (χ3v) is 4.93. The fourth-order valence-corrected chi connectivity index (χ4v) is 3.84. The van der Waals surface area contributed by atoms with Crippen LogP contribution in [0, 0.1) is 0 Å². The molecule has 1 saturated heterocycles. The van der Waals surface area contributed by atoms with Gasteiger partial charge in [-0.2, -0.15) is 0 Å². The number of ether oxygens (including phenoxy) is 1. The average Bonchev–Trinajstić information content (AvgIpc) is 2.88. The number of hydrogen-bond donors (Lipinski definition) is 1. The minimum atomic E-state index is -0.443. The predicted octanol–water partition coefficient (Wildman–Crippen LogP) is 4.32. The van der Waals surface area contributed by atoms with Gasteiger partial charge in [0.1, 0.15) is 5.60 Å². The van der Waals surface area contributed by atoms with Gasteiger partial charge in [-0.3, -0.25) is 0 Å². The fourth-order valence-electron chi connectivity index (χ4n) is 3.65. The number of nitrogens with zero attached hydrogens (tertiary/aromatic N) is 1. The molecule has 1 N–H and O–H groups in total. The zero-order chi connectivity index (χ0) is 17.3. The topological polar surface area (TPSA) is 41.6 Å². The molecule has 1 aliphatic carbocycles. The van der Waals surface area contributed by atoms with Crippen molar-refractivity contribution in [3.8, 4) is 0 Å². The van der Waals surface area contributed by atoms with Crippen LogP contribution in [0.25, 0.3) is 0 Å². The molecule has 4 nitrogen and oxygen atoms in total. The van der Waals surface area contributed by atoms with E-state index in [0.717, 1.165) is 37.3 Å². The first-order valence-corrected chi connectivity index (χ1v) is 9.22. The van der Waals surface area contributed by atoms with Crippen molar-refractivity contribution in [2.24, 2.45) is 0 Å². The Hall–Kier alpha value is -1.26. The van der Waals surface area contributed by atoms with Crippen LogP contribution in [-0.4, -0.2) is 35.7 Å². The van der Waals surface area contributed by atoms with Gasteiger partial charge in [0.2, 0.25) is 0 Å². The minimum absolute atomic E-state index is 0.201. The minimum Gasteiger partial charge on any atom is -0.444 e. The number of carbonyl (C=O) groups is 1.